The highest BCUT2D eigenvalue weighted by Gasteiger charge is 2.36. The lowest BCUT2D eigenvalue weighted by Crippen LogP contribution is -2.37. The number of Topliss-reactive ketones (excluding diaryl/α,β-unsaturated/α-hetero) is 2. The molecule has 0 N–H and O–H groups in total. The first-order chi connectivity index (χ1) is 14.3. The third-order valence-corrected chi connectivity index (χ3v) is 5.50. The van der Waals surface area contributed by atoms with E-state index in [0.29, 0.717) is 26.3 Å². The van der Waals surface area contributed by atoms with Crippen molar-refractivity contribution in [1.29, 1.82) is 0 Å². The Labute approximate surface area is 175 Å². The number of ketones is 2. The highest BCUT2D eigenvalue weighted by Crippen LogP contribution is 2.38. The van der Waals surface area contributed by atoms with Crippen LogP contribution in [0.25, 0.3) is 0 Å². The minimum atomic E-state index is -4.58. The summed E-state index contributed by atoms with van der Waals surface area (Å²) >= 11 is 6.11. The largest absolute Gasteiger partial charge is 0.418 e. The number of allylic oxidation sites excluding steroid dienone is 2. The maximum Gasteiger partial charge on any atom is 0.418 e. The Morgan fingerprint density at radius 2 is 1.83 bits per heavy atom. The maximum atomic E-state index is 13.7. The Morgan fingerprint density at radius 1 is 1.10 bits per heavy atom. The van der Waals surface area contributed by atoms with E-state index in [1.807, 2.05) is 0 Å². The van der Waals surface area contributed by atoms with Crippen LogP contribution in [0, 0.1) is 0 Å². The lowest BCUT2D eigenvalue weighted by atomic mass is 9.88. The smallest absolute Gasteiger partial charge is 0.378 e. The number of fused-ring (bicyclic) bond motifs is 1. The Bertz CT molecular complexity index is 1060. The van der Waals surface area contributed by atoms with Crippen molar-refractivity contribution < 1.29 is 27.5 Å². The maximum absolute atomic E-state index is 13.7. The Hall–Kier alpha value is -2.71. The molecule has 0 amide bonds. The van der Waals surface area contributed by atoms with Crippen LogP contribution in [0.5, 0.6) is 0 Å². The zero-order chi connectivity index (χ0) is 21.5. The van der Waals surface area contributed by atoms with Gasteiger partial charge in [0, 0.05) is 37.0 Å². The van der Waals surface area contributed by atoms with Gasteiger partial charge in [-0.3, -0.25) is 14.6 Å². The van der Waals surface area contributed by atoms with Crippen LogP contribution < -0.4 is 4.90 Å². The summed E-state index contributed by atoms with van der Waals surface area (Å²) in [5, 5.41) is -0.308. The fourth-order valence-electron chi connectivity index (χ4n) is 3.63. The Kier molecular flexibility index (Phi) is 5.38. The molecule has 1 fully saturated rings. The number of carbonyl (C=O) groups excluding carboxylic acids is 2. The molecule has 156 valence electrons. The summed E-state index contributed by atoms with van der Waals surface area (Å²) in [7, 11) is 0. The molecule has 2 aromatic rings. The van der Waals surface area contributed by atoms with Crippen molar-refractivity contribution in [2.45, 2.75) is 12.6 Å². The molecule has 2 aliphatic rings. The van der Waals surface area contributed by atoms with Crippen LogP contribution in [0.2, 0.25) is 0 Å². The molecule has 1 aliphatic heterocycles. The van der Waals surface area contributed by atoms with Crippen LogP contribution in [-0.4, -0.2) is 42.9 Å². The number of rotatable bonds is 3. The predicted octanol–water partition coefficient (Wildman–Crippen LogP) is 4.05. The third kappa shape index (κ3) is 3.73. The number of alkyl halides is 3. The summed E-state index contributed by atoms with van der Waals surface area (Å²) in [4.78, 5) is 30.8. The molecule has 1 saturated heterocycles. The molecule has 2 heterocycles. The molecular formula is C21H16ClF3N2O3. The van der Waals surface area contributed by atoms with Gasteiger partial charge < -0.3 is 9.64 Å². The van der Waals surface area contributed by atoms with E-state index in [0.717, 1.165) is 6.07 Å². The topological polar surface area (TPSA) is 59.5 Å². The minimum Gasteiger partial charge on any atom is -0.378 e. The SMILES string of the molecule is O=C1C(Cc2ccc(N3CCOCC3)c(C(F)(F)F)c2)=C(Cl)C(=O)c2ncccc21. The van der Waals surface area contributed by atoms with E-state index in [9.17, 15) is 22.8 Å². The lowest BCUT2D eigenvalue weighted by Gasteiger charge is -2.31. The molecule has 9 heteroatoms. The molecule has 4 rings (SSSR count). The van der Waals surface area contributed by atoms with Crippen molar-refractivity contribution in [3.05, 3.63) is 69.5 Å². The quantitative estimate of drug-likeness (QED) is 0.726. The number of anilines is 1. The molecule has 1 aliphatic carbocycles. The molecule has 0 atom stereocenters. The van der Waals surface area contributed by atoms with Crippen LogP contribution in [-0.2, 0) is 17.3 Å². The van der Waals surface area contributed by atoms with Crippen molar-refractivity contribution in [2.75, 3.05) is 31.2 Å². The van der Waals surface area contributed by atoms with Gasteiger partial charge in [-0.1, -0.05) is 17.7 Å². The number of ether oxygens (including phenoxy) is 1. The zero-order valence-electron chi connectivity index (χ0n) is 15.6. The monoisotopic (exact) mass is 436 g/mol. The van der Waals surface area contributed by atoms with Crippen LogP contribution in [0.15, 0.2) is 47.1 Å². The van der Waals surface area contributed by atoms with Crippen LogP contribution in [0.4, 0.5) is 18.9 Å². The van der Waals surface area contributed by atoms with Crippen LogP contribution in [0.3, 0.4) is 0 Å². The molecule has 5 nitrogen and oxygen atoms in total. The summed E-state index contributed by atoms with van der Waals surface area (Å²) in [5.74, 6) is -1.11. The van der Waals surface area contributed by atoms with Gasteiger partial charge in [0.2, 0.25) is 5.78 Å². The average Bonchev–Trinajstić information content (AvgIpc) is 2.75. The van der Waals surface area contributed by atoms with Gasteiger partial charge in [0.05, 0.1) is 29.4 Å². The third-order valence-electron chi connectivity index (χ3n) is 5.10. The van der Waals surface area contributed by atoms with Gasteiger partial charge in [-0.25, -0.2) is 0 Å². The second kappa shape index (κ2) is 7.85. The van der Waals surface area contributed by atoms with Crippen LogP contribution in [0.1, 0.15) is 32.0 Å². The lowest BCUT2D eigenvalue weighted by molar-refractivity contribution is -0.137. The number of pyridine rings is 1. The van der Waals surface area contributed by atoms with E-state index < -0.39 is 23.3 Å². The summed E-state index contributed by atoms with van der Waals surface area (Å²) in [6.45, 7) is 1.42. The fourth-order valence-corrected chi connectivity index (χ4v) is 3.88. The van der Waals surface area contributed by atoms with Gasteiger partial charge in [0.25, 0.3) is 0 Å². The molecule has 30 heavy (non-hydrogen) atoms. The van der Waals surface area contributed by atoms with E-state index in [1.54, 1.807) is 4.90 Å². The Balaban J connectivity index is 1.71. The second-order valence-electron chi connectivity index (χ2n) is 6.98. The zero-order valence-corrected chi connectivity index (χ0v) is 16.4. The molecule has 1 aromatic heterocycles. The molecule has 0 unspecified atom stereocenters. The molecule has 0 radical (unpaired) electrons. The van der Waals surface area contributed by atoms with Crippen LogP contribution >= 0.6 is 11.6 Å². The number of morpholine rings is 1. The van der Waals surface area contributed by atoms with Gasteiger partial charge in [0.15, 0.2) is 5.78 Å². The van der Waals surface area contributed by atoms with E-state index in [4.69, 9.17) is 16.3 Å². The molecule has 0 saturated carbocycles. The van der Waals surface area contributed by atoms with E-state index in [2.05, 4.69) is 4.98 Å². The standard InChI is InChI=1S/C21H16ClF3N2O3/c22-17-14(19(28)13-2-1-5-26-18(13)20(17)29)10-12-3-4-16(15(11-12)21(23,24)25)27-6-8-30-9-7-27/h1-5,11H,6-10H2. The van der Waals surface area contributed by atoms with Crippen molar-refractivity contribution in [1.82, 2.24) is 4.98 Å². The van der Waals surface area contributed by atoms with Gasteiger partial charge in [-0.2, -0.15) is 13.2 Å². The molecular weight excluding hydrogens is 421 g/mol. The summed E-state index contributed by atoms with van der Waals surface area (Å²) in [6.07, 6.45) is -3.39. The summed E-state index contributed by atoms with van der Waals surface area (Å²) in [6, 6.07) is 6.89. The van der Waals surface area contributed by atoms with E-state index >= 15 is 0 Å². The number of hydrogen-bond donors (Lipinski definition) is 0. The van der Waals surface area contributed by atoms with Gasteiger partial charge in [-0.15, -0.1) is 0 Å². The molecule has 0 spiro atoms. The van der Waals surface area contributed by atoms with E-state index in [1.165, 1.54) is 30.5 Å². The predicted molar refractivity (Wildman–Crippen MR) is 104 cm³/mol. The van der Waals surface area contributed by atoms with E-state index in [-0.39, 0.29) is 39.5 Å². The fraction of sp³-hybridized carbons (Fsp3) is 0.286. The number of carbonyl (C=O) groups is 2. The number of benzene rings is 1. The number of hydrogen-bond acceptors (Lipinski definition) is 5. The van der Waals surface area contributed by atoms with Crippen molar-refractivity contribution in [3.63, 3.8) is 0 Å². The van der Waals surface area contributed by atoms with Gasteiger partial charge in [0.1, 0.15) is 5.69 Å². The normalized spacial score (nSPS) is 17.4. The number of halogens is 4. The Morgan fingerprint density at radius 3 is 2.53 bits per heavy atom. The van der Waals surface area contributed by atoms with Gasteiger partial charge >= 0.3 is 6.18 Å². The first-order valence-corrected chi connectivity index (χ1v) is 9.61. The van der Waals surface area contributed by atoms with Gasteiger partial charge in [-0.05, 0) is 29.8 Å². The summed E-state index contributed by atoms with van der Waals surface area (Å²) < 4.78 is 46.5. The van der Waals surface area contributed by atoms with Crippen molar-refractivity contribution in [2.24, 2.45) is 0 Å². The highest BCUT2D eigenvalue weighted by atomic mass is 35.5. The average molecular weight is 437 g/mol. The second-order valence-corrected chi connectivity index (χ2v) is 7.35. The number of nitrogens with zero attached hydrogens (tertiary/aromatic N) is 2. The first kappa shape index (κ1) is 20.6. The molecule has 0 bridgehead atoms. The number of aromatic nitrogens is 1. The highest BCUT2D eigenvalue weighted by molar-refractivity contribution is 6.49. The van der Waals surface area contributed by atoms with Crippen molar-refractivity contribution >= 4 is 28.9 Å². The van der Waals surface area contributed by atoms with Crippen molar-refractivity contribution in [3.8, 4) is 0 Å². The minimum absolute atomic E-state index is 0.0330. The summed E-state index contributed by atoms with van der Waals surface area (Å²) in [5.41, 5.74) is -0.473. The molecule has 1 aromatic carbocycles. The first-order valence-electron chi connectivity index (χ1n) is 9.23.